The normalized spacial score (nSPS) is 9.83. The summed E-state index contributed by atoms with van der Waals surface area (Å²) in [6.45, 7) is 0. The summed E-state index contributed by atoms with van der Waals surface area (Å²) in [6.07, 6.45) is 0. The number of ether oxygens (including phenoxy) is 1. The lowest BCUT2D eigenvalue weighted by molar-refractivity contribution is 0.414. The quantitative estimate of drug-likeness (QED) is 0.839. The highest BCUT2D eigenvalue weighted by atomic mass is 32.2. The van der Waals surface area contributed by atoms with E-state index in [1.54, 1.807) is 13.2 Å². The molecule has 4 heteroatoms. The lowest BCUT2D eigenvalue weighted by Gasteiger charge is -2.04. The van der Waals surface area contributed by atoms with Crippen molar-refractivity contribution < 1.29 is 9.13 Å². The number of halogens is 1. The number of benzene rings is 2. The fraction of sp³-hybridized carbons (Fsp3) is 0.0714. The van der Waals surface area contributed by atoms with Gasteiger partial charge in [-0.3, -0.25) is 0 Å². The predicted molar refractivity (Wildman–Crippen MR) is 68.2 cm³/mol. The largest absolute Gasteiger partial charge is 0.497 e. The molecule has 0 aliphatic carbocycles. The molecule has 0 N–H and O–H groups in total. The third-order valence-electron chi connectivity index (χ3n) is 2.30. The van der Waals surface area contributed by atoms with Crippen LogP contribution >= 0.6 is 11.8 Å². The lowest BCUT2D eigenvalue weighted by Crippen LogP contribution is -1.83. The van der Waals surface area contributed by atoms with E-state index in [0.29, 0.717) is 10.5 Å². The first-order valence-electron chi connectivity index (χ1n) is 5.24. The van der Waals surface area contributed by atoms with Crippen molar-refractivity contribution in [2.75, 3.05) is 7.11 Å². The maximum absolute atomic E-state index is 13.3. The Hall–Kier alpha value is -1.99. The summed E-state index contributed by atoms with van der Waals surface area (Å²) in [5.41, 5.74) is 0.325. The van der Waals surface area contributed by atoms with Crippen molar-refractivity contribution in [3.8, 4) is 11.8 Å². The molecule has 0 saturated carbocycles. The molecule has 90 valence electrons. The molecule has 0 amide bonds. The topological polar surface area (TPSA) is 33.0 Å². The van der Waals surface area contributed by atoms with E-state index in [-0.39, 0.29) is 0 Å². The number of nitriles is 1. The Kier molecular flexibility index (Phi) is 3.85. The van der Waals surface area contributed by atoms with Gasteiger partial charge in [0.15, 0.2) is 0 Å². The van der Waals surface area contributed by atoms with Gasteiger partial charge in [0, 0.05) is 9.79 Å². The van der Waals surface area contributed by atoms with Gasteiger partial charge in [0.25, 0.3) is 0 Å². The van der Waals surface area contributed by atoms with Crippen molar-refractivity contribution >= 4 is 11.8 Å². The maximum Gasteiger partial charge on any atom is 0.125 e. The van der Waals surface area contributed by atoms with E-state index in [1.165, 1.54) is 23.9 Å². The minimum absolute atomic E-state index is 0.325. The van der Waals surface area contributed by atoms with Crippen molar-refractivity contribution in [1.82, 2.24) is 0 Å². The molecule has 2 aromatic rings. The maximum atomic E-state index is 13.3. The SMILES string of the molecule is COc1ccc(Sc2cc(F)cc(C#N)c2)cc1. The van der Waals surface area contributed by atoms with E-state index in [1.807, 2.05) is 30.3 Å². The van der Waals surface area contributed by atoms with Crippen molar-refractivity contribution in [3.05, 3.63) is 53.8 Å². The minimum Gasteiger partial charge on any atom is -0.497 e. The second-order valence-corrected chi connectivity index (χ2v) is 4.71. The summed E-state index contributed by atoms with van der Waals surface area (Å²) in [7, 11) is 1.61. The first kappa shape index (κ1) is 12.5. The van der Waals surface area contributed by atoms with Gasteiger partial charge >= 0.3 is 0 Å². The second kappa shape index (κ2) is 5.56. The Morgan fingerprint density at radius 1 is 1.11 bits per heavy atom. The number of nitrogens with zero attached hydrogens (tertiary/aromatic N) is 1. The zero-order valence-corrected chi connectivity index (χ0v) is 10.5. The van der Waals surface area contributed by atoms with Crippen LogP contribution in [0.25, 0.3) is 0 Å². The molecule has 2 aromatic carbocycles. The predicted octanol–water partition coefficient (Wildman–Crippen LogP) is 3.86. The van der Waals surface area contributed by atoms with E-state index in [0.717, 1.165) is 10.6 Å². The Labute approximate surface area is 109 Å². The number of rotatable bonds is 3. The highest BCUT2D eigenvalue weighted by molar-refractivity contribution is 7.99. The first-order chi connectivity index (χ1) is 8.71. The van der Waals surface area contributed by atoms with Crippen molar-refractivity contribution in [3.63, 3.8) is 0 Å². The molecule has 2 rings (SSSR count). The van der Waals surface area contributed by atoms with E-state index < -0.39 is 5.82 Å². The molecule has 0 aliphatic heterocycles. The van der Waals surface area contributed by atoms with Crippen molar-refractivity contribution in [2.24, 2.45) is 0 Å². The smallest absolute Gasteiger partial charge is 0.125 e. The van der Waals surface area contributed by atoms with E-state index in [2.05, 4.69) is 0 Å². The highest BCUT2D eigenvalue weighted by Crippen LogP contribution is 2.30. The van der Waals surface area contributed by atoms with E-state index in [9.17, 15) is 4.39 Å². The fourth-order valence-electron chi connectivity index (χ4n) is 1.47. The summed E-state index contributed by atoms with van der Waals surface area (Å²) < 4.78 is 18.3. The van der Waals surface area contributed by atoms with Gasteiger partial charge in [0.05, 0.1) is 18.7 Å². The van der Waals surface area contributed by atoms with Crippen LogP contribution in [0.5, 0.6) is 5.75 Å². The van der Waals surface area contributed by atoms with Crippen LogP contribution in [0.3, 0.4) is 0 Å². The first-order valence-corrected chi connectivity index (χ1v) is 6.05. The van der Waals surface area contributed by atoms with Crippen LogP contribution < -0.4 is 4.74 Å². The highest BCUT2D eigenvalue weighted by Gasteiger charge is 2.03. The summed E-state index contributed by atoms with van der Waals surface area (Å²) in [5.74, 6) is 0.376. The Bertz CT molecular complexity index is 590. The average molecular weight is 259 g/mol. The van der Waals surface area contributed by atoms with Crippen LogP contribution in [0.1, 0.15) is 5.56 Å². The van der Waals surface area contributed by atoms with Gasteiger partial charge in [-0.1, -0.05) is 11.8 Å². The molecule has 0 saturated heterocycles. The van der Waals surface area contributed by atoms with Crippen molar-refractivity contribution in [1.29, 1.82) is 5.26 Å². The second-order valence-electron chi connectivity index (χ2n) is 3.57. The Morgan fingerprint density at radius 3 is 2.44 bits per heavy atom. The van der Waals surface area contributed by atoms with Crippen LogP contribution in [0.2, 0.25) is 0 Å². The molecule has 18 heavy (non-hydrogen) atoms. The van der Waals surface area contributed by atoms with Gasteiger partial charge in [-0.15, -0.1) is 0 Å². The molecule has 0 radical (unpaired) electrons. The summed E-state index contributed by atoms with van der Waals surface area (Å²) in [5, 5.41) is 8.78. The summed E-state index contributed by atoms with van der Waals surface area (Å²) in [6, 6.07) is 13.7. The number of hydrogen-bond donors (Lipinski definition) is 0. The molecular formula is C14H10FNOS. The molecule has 0 atom stereocenters. The Morgan fingerprint density at radius 2 is 1.83 bits per heavy atom. The minimum atomic E-state index is -0.398. The summed E-state index contributed by atoms with van der Waals surface area (Å²) in [4.78, 5) is 1.67. The molecule has 0 spiro atoms. The molecule has 0 unspecified atom stereocenters. The monoisotopic (exact) mass is 259 g/mol. The molecule has 0 aromatic heterocycles. The van der Waals surface area contributed by atoms with Crippen LogP contribution in [0.4, 0.5) is 4.39 Å². The molecule has 2 nitrogen and oxygen atoms in total. The van der Waals surface area contributed by atoms with Gasteiger partial charge in [0.2, 0.25) is 0 Å². The van der Waals surface area contributed by atoms with Crippen LogP contribution in [-0.2, 0) is 0 Å². The molecule has 0 aliphatic rings. The third kappa shape index (κ3) is 3.02. The third-order valence-corrected chi connectivity index (χ3v) is 3.27. The van der Waals surface area contributed by atoms with Crippen LogP contribution in [0.15, 0.2) is 52.3 Å². The molecule has 0 fully saturated rings. The average Bonchev–Trinajstić information content (AvgIpc) is 2.39. The molecular weight excluding hydrogens is 249 g/mol. The standard InChI is InChI=1S/C14H10FNOS/c1-17-12-2-4-13(5-3-12)18-14-7-10(9-16)6-11(15)8-14/h2-8H,1H3. The zero-order chi connectivity index (χ0) is 13.0. The van der Waals surface area contributed by atoms with Gasteiger partial charge in [-0.25, -0.2) is 4.39 Å². The van der Waals surface area contributed by atoms with E-state index in [4.69, 9.17) is 10.00 Å². The zero-order valence-electron chi connectivity index (χ0n) is 9.68. The van der Waals surface area contributed by atoms with Gasteiger partial charge in [-0.05, 0) is 42.5 Å². The molecule has 0 bridgehead atoms. The summed E-state index contributed by atoms with van der Waals surface area (Å²) >= 11 is 1.40. The van der Waals surface area contributed by atoms with Crippen LogP contribution in [-0.4, -0.2) is 7.11 Å². The number of methoxy groups -OCH3 is 1. The van der Waals surface area contributed by atoms with E-state index >= 15 is 0 Å². The lowest BCUT2D eigenvalue weighted by atomic mass is 10.2. The van der Waals surface area contributed by atoms with Crippen LogP contribution in [0, 0.1) is 17.1 Å². The fourth-order valence-corrected chi connectivity index (χ4v) is 2.37. The Balaban J connectivity index is 2.22. The van der Waals surface area contributed by atoms with Gasteiger partial charge < -0.3 is 4.74 Å². The molecule has 0 heterocycles. The van der Waals surface area contributed by atoms with Gasteiger partial charge in [-0.2, -0.15) is 5.26 Å². The number of hydrogen-bond acceptors (Lipinski definition) is 3. The van der Waals surface area contributed by atoms with Gasteiger partial charge in [0.1, 0.15) is 11.6 Å². The van der Waals surface area contributed by atoms with Crippen molar-refractivity contribution in [2.45, 2.75) is 9.79 Å².